The molecular weight excluding hydrogens is 210 g/mol. The van der Waals surface area contributed by atoms with Gasteiger partial charge in [0.1, 0.15) is 5.82 Å². The molecule has 72 valence electrons. The van der Waals surface area contributed by atoms with Gasteiger partial charge in [-0.05, 0) is 6.07 Å². The van der Waals surface area contributed by atoms with Crippen LogP contribution >= 0.6 is 11.6 Å². The molecule has 1 nitrogen and oxygen atoms in total. The summed E-state index contributed by atoms with van der Waals surface area (Å²) in [6, 6.07) is 0.801. The van der Waals surface area contributed by atoms with Crippen LogP contribution in [0.5, 0.6) is 0 Å². The van der Waals surface area contributed by atoms with E-state index in [1.54, 1.807) is 0 Å². The van der Waals surface area contributed by atoms with Crippen molar-refractivity contribution in [2.45, 2.75) is 12.6 Å². The maximum Gasteiger partial charge on any atom is 0.394 e. The van der Waals surface area contributed by atoms with Crippen LogP contribution in [0, 0.1) is 5.82 Å². The number of hydrogen-bond donors (Lipinski definition) is 0. The first kappa shape index (κ1) is 10.2. The molecule has 0 aromatic carbocycles. The summed E-state index contributed by atoms with van der Waals surface area (Å²) in [5.41, 5.74) is -0.365. The van der Waals surface area contributed by atoms with Gasteiger partial charge in [0.2, 0.25) is 0 Å². The Labute approximate surface area is 76.3 Å². The van der Waals surface area contributed by atoms with Crippen LogP contribution in [0.1, 0.15) is 5.69 Å². The molecule has 0 aliphatic rings. The molecule has 0 spiro atoms. The van der Waals surface area contributed by atoms with Crippen LogP contribution in [0.3, 0.4) is 0 Å². The molecule has 0 radical (unpaired) electrons. The number of pyridine rings is 1. The highest BCUT2D eigenvalue weighted by atomic mass is 35.5. The maximum atomic E-state index is 12.4. The van der Waals surface area contributed by atoms with E-state index in [0.29, 0.717) is 6.20 Å². The van der Waals surface area contributed by atoms with Crippen molar-refractivity contribution in [3.63, 3.8) is 0 Å². The molecule has 0 N–H and O–H groups in total. The highest BCUT2D eigenvalue weighted by molar-refractivity contribution is 6.31. The molecule has 0 aliphatic heterocycles. The fraction of sp³-hybridized carbons (Fsp3) is 0.286. The largest absolute Gasteiger partial charge is 0.394 e. The molecule has 0 bridgehead atoms. The van der Waals surface area contributed by atoms with Crippen molar-refractivity contribution in [2.75, 3.05) is 0 Å². The smallest absolute Gasteiger partial charge is 0.256 e. The van der Waals surface area contributed by atoms with Gasteiger partial charge in [0, 0.05) is 0 Å². The molecule has 0 unspecified atom stereocenters. The van der Waals surface area contributed by atoms with Crippen LogP contribution < -0.4 is 0 Å². The molecule has 6 heteroatoms. The van der Waals surface area contributed by atoms with E-state index >= 15 is 0 Å². The van der Waals surface area contributed by atoms with E-state index in [2.05, 4.69) is 4.98 Å². The Bertz CT molecular complexity index is 310. The molecule has 1 aromatic heterocycles. The van der Waals surface area contributed by atoms with Gasteiger partial charge in [-0.3, -0.25) is 4.98 Å². The van der Waals surface area contributed by atoms with E-state index < -0.39 is 18.4 Å². The highest BCUT2D eigenvalue weighted by Crippen LogP contribution is 2.24. The highest BCUT2D eigenvalue weighted by Gasteiger charge is 2.29. The summed E-state index contributed by atoms with van der Waals surface area (Å²) < 4.78 is 47.8. The Kier molecular flexibility index (Phi) is 2.75. The molecule has 1 heterocycles. The van der Waals surface area contributed by atoms with Gasteiger partial charge < -0.3 is 0 Å². The number of rotatable bonds is 1. The first-order chi connectivity index (χ1) is 5.88. The molecule has 1 rings (SSSR count). The van der Waals surface area contributed by atoms with Gasteiger partial charge in [-0.2, -0.15) is 13.2 Å². The van der Waals surface area contributed by atoms with Gasteiger partial charge in [0.05, 0.1) is 23.3 Å². The Morgan fingerprint density at radius 1 is 1.38 bits per heavy atom. The van der Waals surface area contributed by atoms with Gasteiger partial charge in [0.25, 0.3) is 0 Å². The molecule has 0 saturated carbocycles. The van der Waals surface area contributed by atoms with E-state index in [1.165, 1.54) is 0 Å². The third-order valence-electron chi connectivity index (χ3n) is 1.25. The monoisotopic (exact) mass is 213 g/mol. The zero-order chi connectivity index (χ0) is 10.1. The summed E-state index contributed by atoms with van der Waals surface area (Å²) in [5, 5.41) is -0.308. The van der Waals surface area contributed by atoms with Gasteiger partial charge in [0.15, 0.2) is 0 Å². The van der Waals surface area contributed by atoms with Gasteiger partial charge in [-0.15, -0.1) is 0 Å². The fourth-order valence-electron chi connectivity index (χ4n) is 0.763. The van der Waals surface area contributed by atoms with Crippen LogP contribution in [-0.4, -0.2) is 11.2 Å². The molecule has 0 amide bonds. The minimum absolute atomic E-state index is 0.308. The fourth-order valence-corrected chi connectivity index (χ4v) is 0.983. The average molecular weight is 214 g/mol. The van der Waals surface area contributed by atoms with Gasteiger partial charge >= 0.3 is 6.18 Å². The van der Waals surface area contributed by atoms with Crippen molar-refractivity contribution < 1.29 is 17.6 Å². The number of alkyl halides is 3. The SMILES string of the molecule is Fc1cnc(CC(F)(F)F)c(Cl)c1. The topological polar surface area (TPSA) is 12.9 Å². The minimum atomic E-state index is -4.38. The van der Waals surface area contributed by atoms with Gasteiger partial charge in [-0.1, -0.05) is 11.6 Å². The van der Waals surface area contributed by atoms with Crippen LogP contribution in [0.2, 0.25) is 5.02 Å². The number of nitrogens with zero attached hydrogens (tertiary/aromatic N) is 1. The van der Waals surface area contributed by atoms with E-state index in [-0.39, 0.29) is 10.7 Å². The van der Waals surface area contributed by atoms with Crippen molar-refractivity contribution in [3.8, 4) is 0 Å². The van der Waals surface area contributed by atoms with Crippen LogP contribution in [0.4, 0.5) is 17.6 Å². The second-order valence-electron chi connectivity index (χ2n) is 2.37. The summed E-state index contributed by atoms with van der Waals surface area (Å²) in [4.78, 5) is 3.24. The molecule has 0 saturated heterocycles. The lowest BCUT2D eigenvalue weighted by atomic mass is 10.2. The standard InChI is InChI=1S/C7H4ClF4N/c8-5-1-4(9)3-13-6(5)2-7(10,11)12/h1,3H,2H2. The molecule has 1 aromatic rings. The van der Waals surface area contributed by atoms with Crippen molar-refractivity contribution in [2.24, 2.45) is 0 Å². The Balaban J connectivity index is 2.90. The quantitative estimate of drug-likeness (QED) is 0.654. The van der Waals surface area contributed by atoms with Gasteiger partial charge in [-0.25, -0.2) is 4.39 Å². The molecule has 0 atom stereocenters. The lowest BCUT2D eigenvalue weighted by molar-refractivity contribution is -0.127. The van der Waals surface area contributed by atoms with E-state index in [1.807, 2.05) is 0 Å². The summed E-state index contributed by atoms with van der Waals surface area (Å²) >= 11 is 5.33. The lowest BCUT2D eigenvalue weighted by Gasteiger charge is -2.06. The zero-order valence-corrected chi connectivity index (χ0v) is 6.95. The zero-order valence-electron chi connectivity index (χ0n) is 6.20. The molecule has 0 fully saturated rings. The second kappa shape index (κ2) is 3.49. The minimum Gasteiger partial charge on any atom is -0.256 e. The predicted octanol–water partition coefficient (Wildman–Crippen LogP) is 2.98. The number of aromatic nitrogens is 1. The third-order valence-corrected chi connectivity index (χ3v) is 1.58. The Hall–Kier alpha value is -0.840. The van der Waals surface area contributed by atoms with Crippen molar-refractivity contribution in [1.82, 2.24) is 4.98 Å². The second-order valence-corrected chi connectivity index (χ2v) is 2.78. The normalized spacial score (nSPS) is 11.8. The molecular formula is C7H4ClF4N. The summed E-state index contributed by atoms with van der Waals surface area (Å²) in [6.07, 6.45) is -4.92. The summed E-state index contributed by atoms with van der Waals surface area (Å²) in [6.45, 7) is 0. The molecule has 13 heavy (non-hydrogen) atoms. The van der Waals surface area contributed by atoms with E-state index in [4.69, 9.17) is 11.6 Å². The van der Waals surface area contributed by atoms with E-state index in [9.17, 15) is 17.6 Å². The average Bonchev–Trinajstić information content (AvgIpc) is 1.93. The lowest BCUT2D eigenvalue weighted by Crippen LogP contribution is -2.13. The Morgan fingerprint density at radius 3 is 2.46 bits per heavy atom. The van der Waals surface area contributed by atoms with Crippen LogP contribution in [0.25, 0.3) is 0 Å². The first-order valence-electron chi connectivity index (χ1n) is 3.25. The van der Waals surface area contributed by atoms with Crippen molar-refractivity contribution >= 4 is 11.6 Å². The predicted molar refractivity (Wildman–Crippen MR) is 39.0 cm³/mol. The van der Waals surface area contributed by atoms with E-state index in [0.717, 1.165) is 6.07 Å². The van der Waals surface area contributed by atoms with Crippen LogP contribution in [0.15, 0.2) is 12.3 Å². The number of hydrogen-bond acceptors (Lipinski definition) is 1. The van der Waals surface area contributed by atoms with Crippen molar-refractivity contribution in [3.05, 3.63) is 28.8 Å². The molecule has 0 aliphatic carbocycles. The Morgan fingerprint density at radius 2 is 2.00 bits per heavy atom. The van der Waals surface area contributed by atoms with Crippen LogP contribution in [-0.2, 0) is 6.42 Å². The maximum absolute atomic E-state index is 12.4. The third kappa shape index (κ3) is 3.18. The van der Waals surface area contributed by atoms with Crippen molar-refractivity contribution in [1.29, 1.82) is 0 Å². The summed E-state index contributed by atoms with van der Waals surface area (Å²) in [5.74, 6) is -0.754. The summed E-state index contributed by atoms with van der Waals surface area (Å²) in [7, 11) is 0. The first-order valence-corrected chi connectivity index (χ1v) is 3.63. The number of halogens is 5.